The van der Waals surface area contributed by atoms with Crippen molar-refractivity contribution in [2.24, 2.45) is 0 Å². The number of alkyl halides is 1. The van der Waals surface area contributed by atoms with Gasteiger partial charge in [-0.2, -0.15) is 11.8 Å². The Labute approximate surface area is 99.4 Å². The van der Waals surface area contributed by atoms with Gasteiger partial charge in [-0.05, 0) is 25.4 Å². The standard InChI is InChI=1S/C9H16ClN3OS/c1-7(4-5-15-3)13(2)9-12-11-8(6-10)14-9/h7H,4-6H2,1-3H3. The highest BCUT2D eigenvalue weighted by Gasteiger charge is 2.15. The molecule has 1 aromatic heterocycles. The molecule has 0 amide bonds. The number of halogens is 1. The average Bonchev–Trinajstić information content (AvgIpc) is 2.73. The predicted molar refractivity (Wildman–Crippen MR) is 64.7 cm³/mol. The van der Waals surface area contributed by atoms with Crippen LogP contribution in [0.3, 0.4) is 0 Å². The summed E-state index contributed by atoms with van der Waals surface area (Å²) < 4.78 is 5.36. The lowest BCUT2D eigenvalue weighted by Crippen LogP contribution is -2.29. The summed E-state index contributed by atoms with van der Waals surface area (Å²) in [6, 6.07) is 0.931. The Morgan fingerprint density at radius 1 is 1.53 bits per heavy atom. The lowest BCUT2D eigenvalue weighted by atomic mass is 10.2. The number of aromatic nitrogens is 2. The normalized spacial score (nSPS) is 12.8. The Hall–Kier alpha value is -0.420. The number of rotatable bonds is 6. The lowest BCUT2D eigenvalue weighted by Gasteiger charge is -2.22. The van der Waals surface area contributed by atoms with Crippen LogP contribution in [0, 0.1) is 0 Å². The van der Waals surface area contributed by atoms with Crippen molar-refractivity contribution in [3.05, 3.63) is 5.89 Å². The second kappa shape index (κ2) is 6.23. The Bertz CT molecular complexity index is 295. The molecular formula is C9H16ClN3OS. The highest BCUT2D eigenvalue weighted by atomic mass is 35.5. The van der Waals surface area contributed by atoms with Gasteiger partial charge in [0, 0.05) is 13.1 Å². The van der Waals surface area contributed by atoms with Crippen molar-refractivity contribution < 1.29 is 4.42 Å². The first kappa shape index (κ1) is 12.6. The van der Waals surface area contributed by atoms with Gasteiger partial charge in [0.25, 0.3) is 0 Å². The molecule has 0 radical (unpaired) electrons. The van der Waals surface area contributed by atoms with Crippen LogP contribution >= 0.6 is 23.4 Å². The molecule has 1 unspecified atom stereocenters. The molecule has 0 spiro atoms. The highest BCUT2D eigenvalue weighted by Crippen LogP contribution is 2.16. The van der Waals surface area contributed by atoms with Gasteiger partial charge in [-0.1, -0.05) is 5.10 Å². The fourth-order valence-corrected chi connectivity index (χ4v) is 1.80. The van der Waals surface area contributed by atoms with E-state index in [1.54, 1.807) is 0 Å². The molecule has 15 heavy (non-hydrogen) atoms. The summed E-state index contributed by atoms with van der Waals surface area (Å²) in [7, 11) is 1.95. The molecule has 4 nitrogen and oxygen atoms in total. The Morgan fingerprint density at radius 2 is 2.27 bits per heavy atom. The van der Waals surface area contributed by atoms with Crippen LogP contribution in [0.5, 0.6) is 0 Å². The van der Waals surface area contributed by atoms with E-state index >= 15 is 0 Å². The first-order valence-corrected chi connectivity index (χ1v) is 6.72. The Balaban J connectivity index is 2.54. The molecule has 86 valence electrons. The van der Waals surface area contributed by atoms with Crippen LogP contribution < -0.4 is 4.90 Å². The van der Waals surface area contributed by atoms with Gasteiger partial charge in [-0.3, -0.25) is 0 Å². The summed E-state index contributed by atoms with van der Waals surface area (Å²) >= 11 is 7.43. The van der Waals surface area contributed by atoms with Crippen LogP contribution in [0.1, 0.15) is 19.2 Å². The summed E-state index contributed by atoms with van der Waals surface area (Å²) in [6.45, 7) is 2.14. The van der Waals surface area contributed by atoms with Gasteiger partial charge >= 0.3 is 6.01 Å². The van der Waals surface area contributed by atoms with Gasteiger partial charge in [0.15, 0.2) is 0 Å². The quantitative estimate of drug-likeness (QED) is 0.725. The fourth-order valence-electron chi connectivity index (χ4n) is 1.11. The van der Waals surface area contributed by atoms with Crippen LogP contribution in [0.15, 0.2) is 4.42 Å². The van der Waals surface area contributed by atoms with E-state index in [1.807, 2.05) is 23.7 Å². The third-order valence-corrected chi connectivity index (χ3v) is 3.15. The molecule has 0 saturated carbocycles. The molecule has 0 saturated heterocycles. The van der Waals surface area contributed by atoms with E-state index in [0.717, 1.165) is 12.2 Å². The zero-order valence-electron chi connectivity index (χ0n) is 9.23. The van der Waals surface area contributed by atoms with Gasteiger partial charge in [-0.15, -0.1) is 16.7 Å². The molecule has 0 N–H and O–H groups in total. The number of thioether (sulfide) groups is 1. The topological polar surface area (TPSA) is 42.2 Å². The molecule has 1 rings (SSSR count). The molecule has 0 bridgehead atoms. The van der Waals surface area contributed by atoms with Crippen molar-refractivity contribution in [1.82, 2.24) is 10.2 Å². The molecule has 0 aliphatic carbocycles. The summed E-state index contributed by atoms with van der Waals surface area (Å²) in [5.74, 6) is 1.86. The molecule has 0 aliphatic rings. The monoisotopic (exact) mass is 249 g/mol. The molecule has 6 heteroatoms. The number of hydrogen-bond donors (Lipinski definition) is 0. The van der Waals surface area contributed by atoms with Crippen molar-refractivity contribution >= 4 is 29.4 Å². The Kier molecular flexibility index (Phi) is 5.25. The molecule has 1 atom stereocenters. The SMILES string of the molecule is CSCCC(C)N(C)c1nnc(CCl)o1. The molecule has 0 fully saturated rings. The second-order valence-corrected chi connectivity index (χ2v) is 4.61. The van der Waals surface area contributed by atoms with E-state index in [1.165, 1.54) is 0 Å². The van der Waals surface area contributed by atoms with Crippen molar-refractivity contribution in [1.29, 1.82) is 0 Å². The Morgan fingerprint density at radius 3 is 2.80 bits per heavy atom. The highest BCUT2D eigenvalue weighted by molar-refractivity contribution is 7.98. The van der Waals surface area contributed by atoms with E-state index in [0.29, 0.717) is 17.9 Å². The summed E-state index contributed by atoms with van der Waals surface area (Å²) in [6.07, 6.45) is 3.20. The van der Waals surface area contributed by atoms with E-state index < -0.39 is 0 Å². The molecule has 0 aromatic carbocycles. The number of hydrogen-bond acceptors (Lipinski definition) is 5. The van der Waals surface area contributed by atoms with Gasteiger partial charge in [0.1, 0.15) is 5.88 Å². The third-order valence-electron chi connectivity index (χ3n) is 2.27. The van der Waals surface area contributed by atoms with Gasteiger partial charge < -0.3 is 9.32 Å². The van der Waals surface area contributed by atoms with E-state index in [4.69, 9.17) is 16.0 Å². The lowest BCUT2D eigenvalue weighted by molar-refractivity contribution is 0.488. The first-order valence-electron chi connectivity index (χ1n) is 4.79. The zero-order valence-corrected chi connectivity index (χ0v) is 10.8. The van der Waals surface area contributed by atoms with Crippen molar-refractivity contribution in [3.63, 3.8) is 0 Å². The molecule has 1 aromatic rings. The van der Waals surface area contributed by atoms with Gasteiger partial charge in [0.2, 0.25) is 5.89 Å². The maximum Gasteiger partial charge on any atom is 0.318 e. The van der Waals surface area contributed by atoms with Crippen LogP contribution in [0.4, 0.5) is 6.01 Å². The predicted octanol–water partition coefficient (Wildman–Crippen LogP) is 2.39. The molecular weight excluding hydrogens is 234 g/mol. The first-order chi connectivity index (χ1) is 7.19. The van der Waals surface area contributed by atoms with E-state index in [9.17, 15) is 0 Å². The van der Waals surface area contributed by atoms with Crippen LogP contribution in [0.25, 0.3) is 0 Å². The maximum atomic E-state index is 5.59. The summed E-state index contributed by atoms with van der Waals surface area (Å²) in [4.78, 5) is 1.99. The minimum absolute atomic E-state index is 0.264. The van der Waals surface area contributed by atoms with Crippen LogP contribution in [-0.2, 0) is 5.88 Å². The molecule has 1 heterocycles. The largest absolute Gasteiger partial charge is 0.407 e. The maximum absolute atomic E-state index is 5.59. The van der Waals surface area contributed by atoms with E-state index in [-0.39, 0.29) is 5.88 Å². The third kappa shape index (κ3) is 3.57. The van der Waals surface area contributed by atoms with E-state index in [2.05, 4.69) is 23.4 Å². The van der Waals surface area contributed by atoms with Crippen molar-refractivity contribution in [2.75, 3.05) is 24.0 Å². The van der Waals surface area contributed by atoms with Crippen molar-refractivity contribution in [2.45, 2.75) is 25.3 Å². The number of nitrogens with zero attached hydrogens (tertiary/aromatic N) is 3. The summed E-state index contributed by atoms with van der Waals surface area (Å²) in [5.41, 5.74) is 0. The fraction of sp³-hybridized carbons (Fsp3) is 0.778. The minimum atomic E-state index is 0.264. The van der Waals surface area contributed by atoms with Crippen LogP contribution in [-0.4, -0.2) is 35.3 Å². The smallest absolute Gasteiger partial charge is 0.318 e. The van der Waals surface area contributed by atoms with Crippen LogP contribution in [0.2, 0.25) is 0 Å². The van der Waals surface area contributed by atoms with Gasteiger partial charge in [-0.25, -0.2) is 0 Å². The van der Waals surface area contributed by atoms with Crippen molar-refractivity contribution in [3.8, 4) is 0 Å². The minimum Gasteiger partial charge on any atom is -0.407 e. The van der Waals surface area contributed by atoms with Gasteiger partial charge in [0.05, 0.1) is 0 Å². The summed E-state index contributed by atoms with van der Waals surface area (Å²) in [5, 5.41) is 7.76. The second-order valence-electron chi connectivity index (χ2n) is 3.35. The average molecular weight is 250 g/mol. The molecule has 0 aliphatic heterocycles. The zero-order chi connectivity index (χ0) is 11.3. The number of anilines is 1.